The molecule has 0 saturated carbocycles. The highest BCUT2D eigenvalue weighted by Crippen LogP contribution is 2.12. The molecule has 0 aliphatic heterocycles. The van der Waals surface area contributed by atoms with Crippen LogP contribution in [0, 0.1) is 6.92 Å². The molecule has 1 aromatic carbocycles. The fourth-order valence-corrected chi connectivity index (χ4v) is 2.81. The van der Waals surface area contributed by atoms with Crippen molar-refractivity contribution in [3.05, 3.63) is 53.3 Å². The van der Waals surface area contributed by atoms with Gasteiger partial charge in [-0.05, 0) is 50.8 Å². The van der Waals surface area contributed by atoms with E-state index in [2.05, 4.69) is 54.6 Å². The smallest absolute Gasteiger partial charge is 0.0492 e. The molecule has 1 heterocycles. The van der Waals surface area contributed by atoms with Gasteiger partial charge in [0.2, 0.25) is 0 Å². The van der Waals surface area contributed by atoms with Crippen LogP contribution in [-0.2, 0) is 19.9 Å². The quantitative estimate of drug-likeness (QED) is 0.806. The average Bonchev–Trinajstić information content (AvgIpc) is 2.87. The summed E-state index contributed by atoms with van der Waals surface area (Å²) in [6.45, 7) is 5.38. The monoisotopic (exact) mass is 285 g/mol. The van der Waals surface area contributed by atoms with Gasteiger partial charge in [-0.25, -0.2) is 0 Å². The van der Waals surface area contributed by atoms with E-state index in [1.165, 1.54) is 29.7 Å². The minimum absolute atomic E-state index is 0.574. The summed E-state index contributed by atoms with van der Waals surface area (Å²) in [4.78, 5) is 0. The minimum atomic E-state index is 0.574. The van der Waals surface area contributed by atoms with Crippen molar-refractivity contribution < 1.29 is 0 Å². The molecule has 0 spiro atoms. The Balaban J connectivity index is 1.85. The van der Waals surface area contributed by atoms with Crippen LogP contribution in [0.3, 0.4) is 0 Å². The molecule has 0 bridgehead atoms. The largest absolute Gasteiger partial charge is 0.314 e. The van der Waals surface area contributed by atoms with Crippen molar-refractivity contribution in [1.82, 2.24) is 15.1 Å². The lowest BCUT2D eigenvalue weighted by atomic mass is 10.00. The molecule has 1 unspecified atom stereocenters. The maximum Gasteiger partial charge on any atom is 0.0492 e. The molecule has 1 atom stereocenters. The SMILES string of the molecule is CCNC(CCc1cccc(C)c1)CCc1ccnn1C. The van der Waals surface area contributed by atoms with Crippen LogP contribution < -0.4 is 5.32 Å². The summed E-state index contributed by atoms with van der Waals surface area (Å²) in [6.07, 6.45) is 6.46. The fraction of sp³-hybridized carbons (Fsp3) is 0.500. The number of hydrogen-bond acceptors (Lipinski definition) is 2. The van der Waals surface area contributed by atoms with Crippen molar-refractivity contribution in [3.8, 4) is 0 Å². The van der Waals surface area contributed by atoms with Gasteiger partial charge in [0.05, 0.1) is 0 Å². The van der Waals surface area contributed by atoms with Crippen LogP contribution in [0.2, 0.25) is 0 Å². The normalized spacial score (nSPS) is 12.5. The van der Waals surface area contributed by atoms with E-state index in [1.54, 1.807) is 0 Å². The van der Waals surface area contributed by atoms with Gasteiger partial charge < -0.3 is 5.32 Å². The van der Waals surface area contributed by atoms with E-state index in [4.69, 9.17) is 0 Å². The Morgan fingerprint density at radius 3 is 2.67 bits per heavy atom. The summed E-state index contributed by atoms with van der Waals surface area (Å²) in [5.74, 6) is 0. The van der Waals surface area contributed by atoms with Gasteiger partial charge in [0.25, 0.3) is 0 Å². The van der Waals surface area contributed by atoms with Gasteiger partial charge in [-0.2, -0.15) is 5.10 Å². The highest BCUT2D eigenvalue weighted by Gasteiger charge is 2.09. The number of rotatable bonds is 8. The van der Waals surface area contributed by atoms with Crippen LogP contribution >= 0.6 is 0 Å². The maximum absolute atomic E-state index is 4.24. The molecule has 1 aromatic heterocycles. The Morgan fingerprint density at radius 1 is 1.19 bits per heavy atom. The van der Waals surface area contributed by atoms with Crippen molar-refractivity contribution >= 4 is 0 Å². The molecule has 0 radical (unpaired) electrons. The molecule has 0 aliphatic rings. The van der Waals surface area contributed by atoms with Gasteiger partial charge in [0.1, 0.15) is 0 Å². The first-order valence-corrected chi connectivity index (χ1v) is 7.95. The lowest BCUT2D eigenvalue weighted by Gasteiger charge is -2.18. The Kier molecular flexibility index (Phi) is 6.00. The van der Waals surface area contributed by atoms with E-state index in [-0.39, 0.29) is 0 Å². The number of nitrogens with one attached hydrogen (secondary N) is 1. The van der Waals surface area contributed by atoms with E-state index in [1.807, 2.05) is 17.9 Å². The standard InChI is InChI=1S/C18H27N3/c1-4-19-17(10-11-18-12-13-20-21(18)3)9-8-16-7-5-6-15(2)14-16/h5-7,12-14,17,19H,4,8-11H2,1-3H3. The number of hydrogen-bond donors (Lipinski definition) is 1. The summed E-state index contributed by atoms with van der Waals surface area (Å²) >= 11 is 0. The molecule has 0 amide bonds. The Bertz CT molecular complexity index is 545. The summed E-state index contributed by atoms with van der Waals surface area (Å²) in [5, 5.41) is 7.86. The second-order valence-electron chi connectivity index (χ2n) is 5.77. The van der Waals surface area contributed by atoms with E-state index in [0.717, 1.165) is 19.4 Å². The Hall–Kier alpha value is -1.61. The zero-order valence-electron chi connectivity index (χ0n) is 13.5. The lowest BCUT2D eigenvalue weighted by molar-refractivity contribution is 0.458. The minimum Gasteiger partial charge on any atom is -0.314 e. The molecule has 114 valence electrons. The highest BCUT2D eigenvalue weighted by molar-refractivity contribution is 5.22. The first-order chi connectivity index (χ1) is 10.2. The zero-order chi connectivity index (χ0) is 15.1. The molecule has 2 rings (SSSR count). The van der Waals surface area contributed by atoms with Crippen molar-refractivity contribution in [2.24, 2.45) is 7.05 Å². The van der Waals surface area contributed by atoms with Crippen LogP contribution in [0.25, 0.3) is 0 Å². The fourth-order valence-electron chi connectivity index (χ4n) is 2.81. The van der Waals surface area contributed by atoms with Gasteiger partial charge in [0.15, 0.2) is 0 Å². The zero-order valence-corrected chi connectivity index (χ0v) is 13.5. The second-order valence-corrected chi connectivity index (χ2v) is 5.77. The Labute approximate surface area is 128 Å². The van der Waals surface area contributed by atoms with Gasteiger partial charge >= 0.3 is 0 Å². The van der Waals surface area contributed by atoms with Crippen LogP contribution in [0.15, 0.2) is 36.5 Å². The third kappa shape index (κ3) is 5.01. The predicted molar refractivity (Wildman–Crippen MR) is 88.5 cm³/mol. The highest BCUT2D eigenvalue weighted by atomic mass is 15.2. The van der Waals surface area contributed by atoms with Crippen LogP contribution in [-0.4, -0.2) is 22.4 Å². The summed E-state index contributed by atoms with van der Waals surface area (Å²) in [7, 11) is 2.02. The molecule has 0 aliphatic carbocycles. The summed E-state index contributed by atoms with van der Waals surface area (Å²) in [5.41, 5.74) is 4.11. The summed E-state index contributed by atoms with van der Waals surface area (Å²) < 4.78 is 1.98. The molecule has 3 heteroatoms. The van der Waals surface area contributed by atoms with E-state index in [0.29, 0.717) is 6.04 Å². The molecule has 0 saturated heterocycles. The average molecular weight is 285 g/mol. The van der Waals surface area contributed by atoms with Crippen molar-refractivity contribution in [1.29, 1.82) is 0 Å². The van der Waals surface area contributed by atoms with Crippen molar-refractivity contribution in [2.75, 3.05) is 6.54 Å². The lowest BCUT2D eigenvalue weighted by Crippen LogP contribution is -2.30. The van der Waals surface area contributed by atoms with Gasteiger partial charge in [-0.15, -0.1) is 0 Å². The van der Waals surface area contributed by atoms with E-state index in [9.17, 15) is 0 Å². The van der Waals surface area contributed by atoms with Gasteiger partial charge in [-0.1, -0.05) is 36.8 Å². The number of aromatic nitrogens is 2. The third-order valence-corrected chi connectivity index (χ3v) is 4.03. The predicted octanol–water partition coefficient (Wildman–Crippen LogP) is 3.27. The van der Waals surface area contributed by atoms with E-state index >= 15 is 0 Å². The molecular weight excluding hydrogens is 258 g/mol. The number of aryl methyl sites for hydroxylation is 4. The molecule has 2 aromatic rings. The Morgan fingerprint density at radius 2 is 2.00 bits per heavy atom. The number of nitrogens with zero attached hydrogens (tertiary/aromatic N) is 2. The molecule has 0 fully saturated rings. The third-order valence-electron chi connectivity index (χ3n) is 4.03. The van der Waals surface area contributed by atoms with Gasteiger partial charge in [0, 0.05) is 25.0 Å². The molecule has 3 nitrogen and oxygen atoms in total. The van der Waals surface area contributed by atoms with Crippen molar-refractivity contribution in [3.63, 3.8) is 0 Å². The van der Waals surface area contributed by atoms with E-state index < -0.39 is 0 Å². The molecule has 21 heavy (non-hydrogen) atoms. The summed E-state index contributed by atoms with van der Waals surface area (Å²) in [6, 6.07) is 11.5. The first kappa shape index (κ1) is 15.8. The second kappa shape index (κ2) is 7.99. The number of benzene rings is 1. The molecular formula is C18H27N3. The maximum atomic E-state index is 4.24. The molecule has 1 N–H and O–H groups in total. The van der Waals surface area contributed by atoms with Gasteiger partial charge in [-0.3, -0.25) is 4.68 Å². The van der Waals surface area contributed by atoms with Crippen LogP contribution in [0.5, 0.6) is 0 Å². The van der Waals surface area contributed by atoms with Crippen LogP contribution in [0.4, 0.5) is 0 Å². The topological polar surface area (TPSA) is 29.9 Å². The van der Waals surface area contributed by atoms with Crippen LogP contribution in [0.1, 0.15) is 36.6 Å². The van der Waals surface area contributed by atoms with Crippen molar-refractivity contribution in [2.45, 2.75) is 45.6 Å². The first-order valence-electron chi connectivity index (χ1n) is 7.95.